The minimum Gasteiger partial charge on any atom is -0.370 e. The number of nitrogens with two attached hydrogens (primary N) is 1. The number of aliphatic imine (C=N–C) groups is 1. The molecule has 0 saturated heterocycles. The van der Waals surface area contributed by atoms with Crippen molar-refractivity contribution in [2.75, 3.05) is 5.32 Å². The van der Waals surface area contributed by atoms with Crippen LogP contribution in [0, 0.1) is 0 Å². The summed E-state index contributed by atoms with van der Waals surface area (Å²) in [6.45, 7) is 5.02. The molecule has 0 saturated carbocycles. The van der Waals surface area contributed by atoms with Gasteiger partial charge in [-0.15, -0.1) is 0 Å². The molecule has 5 heteroatoms. The van der Waals surface area contributed by atoms with E-state index in [1.807, 2.05) is 11.7 Å². The molecule has 5 nitrogen and oxygen atoms in total. The van der Waals surface area contributed by atoms with Crippen LogP contribution in [0.4, 0.5) is 5.69 Å². The molecule has 1 heterocycles. The van der Waals surface area contributed by atoms with Crippen LogP contribution in [0.15, 0.2) is 29.3 Å². The van der Waals surface area contributed by atoms with E-state index in [0.29, 0.717) is 18.4 Å². The van der Waals surface area contributed by atoms with Gasteiger partial charge in [0, 0.05) is 12.7 Å². The van der Waals surface area contributed by atoms with Gasteiger partial charge in [-0.2, -0.15) is 5.10 Å². The summed E-state index contributed by atoms with van der Waals surface area (Å²) in [4.78, 5) is 4.53. The fraction of sp³-hybridized carbons (Fsp3) is 0.500. The zero-order valence-corrected chi connectivity index (χ0v) is 15.5. The lowest BCUT2D eigenvalue weighted by Crippen LogP contribution is -2.23. The van der Waals surface area contributed by atoms with E-state index in [1.165, 1.54) is 35.4 Å². The molecular weight excluding hydrogens is 310 g/mol. The summed E-state index contributed by atoms with van der Waals surface area (Å²) in [5, 5.41) is 7.82. The van der Waals surface area contributed by atoms with Crippen molar-refractivity contribution < 1.29 is 0 Å². The number of hydrogen-bond donors (Lipinski definition) is 2. The van der Waals surface area contributed by atoms with E-state index >= 15 is 0 Å². The normalized spacial score (nSPS) is 15.7. The minimum absolute atomic E-state index is 0.446. The Balaban J connectivity index is 1.65. The van der Waals surface area contributed by atoms with E-state index in [0.717, 1.165) is 24.9 Å². The Bertz CT molecular complexity index is 742. The van der Waals surface area contributed by atoms with Gasteiger partial charge in [0.1, 0.15) is 0 Å². The first-order valence-electron chi connectivity index (χ1n) is 9.29. The highest BCUT2D eigenvalue weighted by atomic mass is 15.3. The van der Waals surface area contributed by atoms with Crippen LogP contribution in [-0.2, 0) is 26.4 Å². The SMILES string of the molecule is CCC(C)c1ccc(NC(N)=NCc2c3c(nn2C)CCCC3)cc1. The molecule has 1 unspecified atom stereocenters. The quantitative estimate of drug-likeness (QED) is 0.644. The number of anilines is 1. The maximum absolute atomic E-state index is 6.08. The zero-order valence-electron chi connectivity index (χ0n) is 15.5. The van der Waals surface area contributed by atoms with Gasteiger partial charge in [-0.25, -0.2) is 4.99 Å². The average Bonchev–Trinajstić information content (AvgIpc) is 2.95. The van der Waals surface area contributed by atoms with Gasteiger partial charge >= 0.3 is 0 Å². The third-order valence-electron chi connectivity index (χ3n) is 5.21. The molecule has 3 N–H and O–H groups in total. The zero-order chi connectivity index (χ0) is 17.8. The summed E-state index contributed by atoms with van der Waals surface area (Å²) in [5.74, 6) is 1.03. The van der Waals surface area contributed by atoms with Crippen LogP contribution in [0.2, 0.25) is 0 Å². The molecule has 0 aliphatic heterocycles. The van der Waals surface area contributed by atoms with Gasteiger partial charge in [0.05, 0.1) is 17.9 Å². The summed E-state index contributed by atoms with van der Waals surface area (Å²) in [5.41, 5.74) is 12.2. The van der Waals surface area contributed by atoms with Crippen molar-refractivity contribution in [3.05, 3.63) is 46.8 Å². The van der Waals surface area contributed by atoms with Gasteiger partial charge in [0.2, 0.25) is 0 Å². The lowest BCUT2D eigenvalue weighted by atomic mass is 9.96. The molecular formula is C20H29N5. The number of aromatic nitrogens is 2. The molecule has 0 radical (unpaired) electrons. The maximum atomic E-state index is 6.08. The van der Waals surface area contributed by atoms with Crippen molar-refractivity contribution in [1.29, 1.82) is 0 Å². The molecule has 1 atom stereocenters. The van der Waals surface area contributed by atoms with Gasteiger partial charge in [0.15, 0.2) is 5.96 Å². The molecule has 134 valence electrons. The number of fused-ring (bicyclic) bond motifs is 1. The third kappa shape index (κ3) is 4.03. The van der Waals surface area contributed by atoms with Gasteiger partial charge in [0.25, 0.3) is 0 Å². The fourth-order valence-corrected chi connectivity index (χ4v) is 3.42. The van der Waals surface area contributed by atoms with Crippen LogP contribution in [0.5, 0.6) is 0 Å². The van der Waals surface area contributed by atoms with Crippen molar-refractivity contribution in [3.63, 3.8) is 0 Å². The van der Waals surface area contributed by atoms with Crippen LogP contribution < -0.4 is 11.1 Å². The Morgan fingerprint density at radius 2 is 2.00 bits per heavy atom. The highest BCUT2D eigenvalue weighted by molar-refractivity contribution is 5.92. The molecule has 25 heavy (non-hydrogen) atoms. The number of nitrogens with one attached hydrogen (secondary N) is 1. The molecule has 1 aromatic heterocycles. The Kier molecular flexibility index (Phi) is 5.41. The lowest BCUT2D eigenvalue weighted by molar-refractivity contribution is 0.663. The molecule has 1 aliphatic rings. The summed E-state index contributed by atoms with van der Waals surface area (Å²) in [7, 11) is 2.00. The summed E-state index contributed by atoms with van der Waals surface area (Å²) in [6.07, 6.45) is 5.82. The lowest BCUT2D eigenvalue weighted by Gasteiger charge is -2.12. The third-order valence-corrected chi connectivity index (χ3v) is 5.21. The average molecular weight is 339 g/mol. The van der Waals surface area contributed by atoms with E-state index in [4.69, 9.17) is 5.73 Å². The predicted octanol–water partition coefficient (Wildman–Crippen LogP) is 3.74. The maximum Gasteiger partial charge on any atom is 0.193 e. The Morgan fingerprint density at radius 3 is 2.72 bits per heavy atom. The van der Waals surface area contributed by atoms with Crippen molar-refractivity contribution in [3.8, 4) is 0 Å². The first-order valence-corrected chi connectivity index (χ1v) is 9.29. The highest BCUT2D eigenvalue weighted by Crippen LogP contribution is 2.24. The van der Waals surface area contributed by atoms with Crippen molar-refractivity contribution in [1.82, 2.24) is 9.78 Å². The minimum atomic E-state index is 0.446. The number of guanidine groups is 1. The number of aryl methyl sites for hydroxylation is 2. The Hall–Kier alpha value is -2.30. The topological polar surface area (TPSA) is 68.2 Å². The summed E-state index contributed by atoms with van der Waals surface area (Å²) < 4.78 is 1.97. The fourth-order valence-electron chi connectivity index (χ4n) is 3.42. The standard InChI is InChI=1S/C20H29N5/c1-4-14(2)15-9-11-16(12-10-15)23-20(21)22-13-19-17-7-5-6-8-18(17)24-25(19)3/h9-12,14H,4-8,13H2,1-3H3,(H3,21,22,23). The van der Waals surface area contributed by atoms with Crippen LogP contribution >= 0.6 is 0 Å². The van der Waals surface area contributed by atoms with E-state index in [2.05, 4.69) is 53.5 Å². The number of benzene rings is 1. The van der Waals surface area contributed by atoms with E-state index in [1.54, 1.807) is 0 Å². The number of nitrogens with zero attached hydrogens (tertiary/aromatic N) is 3. The second-order valence-corrected chi connectivity index (χ2v) is 6.96. The predicted molar refractivity (Wildman–Crippen MR) is 104 cm³/mol. The summed E-state index contributed by atoms with van der Waals surface area (Å²) >= 11 is 0. The molecule has 0 spiro atoms. The monoisotopic (exact) mass is 339 g/mol. The molecule has 1 aromatic carbocycles. The number of rotatable bonds is 5. The highest BCUT2D eigenvalue weighted by Gasteiger charge is 2.18. The largest absolute Gasteiger partial charge is 0.370 e. The van der Waals surface area contributed by atoms with Crippen molar-refractivity contribution >= 4 is 11.6 Å². The van der Waals surface area contributed by atoms with E-state index in [-0.39, 0.29) is 0 Å². The molecule has 1 aliphatic carbocycles. The molecule has 0 fully saturated rings. The second kappa shape index (κ2) is 7.72. The van der Waals surface area contributed by atoms with Crippen LogP contribution in [-0.4, -0.2) is 15.7 Å². The molecule has 2 aromatic rings. The van der Waals surface area contributed by atoms with Crippen LogP contribution in [0.3, 0.4) is 0 Å². The molecule has 0 amide bonds. The van der Waals surface area contributed by atoms with Gasteiger partial charge in [-0.3, -0.25) is 4.68 Å². The smallest absolute Gasteiger partial charge is 0.193 e. The molecule has 0 bridgehead atoms. The van der Waals surface area contributed by atoms with Crippen molar-refractivity contribution in [2.45, 2.75) is 58.4 Å². The number of hydrogen-bond acceptors (Lipinski definition) is 2. The van der Waals surface area contributed by atoms with Crippen LogP contribution in [0.1, 0.15) is 61.5 Å². The van der Waals surface area contributed by atoms with Gasteiger partial charge in [-0.1, -0.05) is 26.0 Å². The van der Waals surface area contributed by atoms with Gasteiger partial charge < -0.3 is 11.1 Å². The summed E-state index contributed by atoms with van der Waals surface area (Å²) in [6, 6.07) is 8.44. The van der Waals surface area contributed by atoms with E-state index in [9.17, 15) is 0 Å². The van der Waals surface area contributed by atoms with Gasteiger partial charge in [-0.05, 0) is 61.3 Å². The van der Waals surface area contributed by atoms with E-state index < -0.39 is 0 Å². The Morgan fingerprint density at radius 1 is 1.28 bits per heavy atom. The Labute approximate surface area is 150 Å². The van der Waals surface area contributed by atoms with Crippen LogP contribution in [0.25, 0.3) is 0 Å². The second-order valence-electron chi connectivity index (χ2n) is 6.96. The van der Waals surface area contributed by atoms with Crippen molar-refractivity contribution in [2.24, 2.45) is 17.8 Å². The first kappa shape index (κ1) is 17.5. The molecule has 3 rings (SSSR count). The first-order chi connectivity index (χ1) is 12.1.